The molecule has 0 spiro atoms. The summed E-state index contributed by atoms with van der Waals surface area (Å²) in [7, 11) is 0. The van der Waals surface area contributed by atoms with Crippen LogP contribution in [0.5, 0.6) is 0 Å². The summed E-state index contributed by atoms with van der Waals surface area (Å²) in [6, 6.07) is 11.6. The third-order valence-electron chi connectivity index (χ3n) is 4.86. The molecule has 0 atom stereocenters. The minimum absolute atomic E-state index is 0.142. The van der Waals surface area contributed by atoms with Gasteiger partial charge in [0, 0.05) is 22.9 Å². The first-order chi connectivity index (χ1) is 15.1. The van der Waals surface area contributed by atoms with Gasteiger partial charge in [-0.3, -0.25) is 14.9 Å². The van der Waals surface area contributed by atoms with Crippen LogP contribution in [0.25, 0.3) is 17.1 Å². The van der Waals surface area contributed by atoms with E-state index in [2.05, 4.69) is 30.9 Å². The molecule has 31 heavy (non-hydrogen) atoms. The first-order valence-electron chi connectivity index (χ1n) is 9.43. The highest BCUT2D eigenvalue weighted by Gasteiger charge is 2.28. The van der Waals surface area contributed by atoms with Crippen LogP contribution in [0.4, 0.5) is 11.4 Å². The number of aromatic nitrogens is 7. The van der Waals surface area contributed by atoms with Crippen LogP contribution in [-0.4, -0.2) is 45.8 Å². The van der Waals surface area contributed by atoms with Crippen LogP contribution >= 0.6 is 0 Å². The van der Waals surface area contributed by atoms with Crippen LogP contribution in [0.15, 0.2) is 55.1 Å². The highest BCUT2D eigenvalue weighted by molar-refractivity contribution is 6.05. The van der Waals surface area contributed by atoms with Gasteiger partial charge in [-0.15, -0.1) is 5.10 Å². The Morgan fingerprint density at radius 2 is 2.06 bits per heavy atom. The largest absolute Gasteiger partial charge is 0.322 e. The summed E-state index contributed by atoms with van der Waals surface area (Å²) >= 11 is 0. The highest BCUT2D eigenvalue weighted by Crippen LogP contribution is 2.36. The highest BCUT2D eigenvalue weighted by atomic mass is 16.6. The second kappa shape index (κ2) is 7.40. The number of carbonyl (C=O) groups is 1. The normalized spacial score (nSPS) is 13.2. The van der Waals surface area contributed by atoms with Crippen LogP contribution in [0, 0.1) is 10.1 Å². The van der Waals surface area contributed by atoms with E-state index in [4.69, 9.17) is 0 Å². The Hall–Kier alpha value is -4.48. The number of nitro groups is 1. The van der Waals surface area contributed by atoms with Crippen molar-refractivity contribution in [2.75, 3.05) is 5.32 Å². The number of benzene rings is 2. The summed E-state index contributed by atoms with van der Waals surface area (Å²) in [4.78, 5) is 27.5. The summed E-state index contributed by atoms with van der Waals surface area (Å²) in [6.07, 6.45) is 4.70. The molecule has 12 nitrogen and oxygen atoms in total. The van der Waals surface area contributed by atoms with Crippen LogP contribution < -0.4 is 5.32 Å². The minimum atomic E-state index is -0.563. The summed E-state index contributed by atoms with van der Waals surface area (Å²) in [5.41, 5.74) is 1.39. The van der Waals surface area contributed by atoms with Gasteiger partial charge in [-0.2, -0.15) is 5.10 Å². The van der Waals surface area contributed by atoms with Crippen molar-refractivity contribution in [1.29, 1.82) is 0 Å². The van der Waals surface area contributed by atoms with Crippen LogP contribution in [-0.2, 0) is 0 Å². The molecule has 1 saturated carbocycles. The molecule has 2 heterocycles. The minimum Gasteiger partial charge on any atom is -0.322 e. The van der Waals surface area contributed by atoms with Crippen molar-refractivity contribution in [3.8, 4) is 17.1 Å². The predicted molar refractivity (Wildman–Crippen MR) is 107 cm³/mol. The maximum Gasteiger partial charge on any atom is 0.295 e. The third-order valence-corrected chi connectivity index (χ3v) is 4.86. The Morgan fingerprint density at radius 1 is 1.19 bits per heavy atom. The molecule has 1 aliphatic rings. The second-order valence-corrected chi connectivity index (χ2v) is 7.01. The lowest BCUT2D eigenvalue weighted by atomic mass is 10.1. The van der Waals surface area contributed by atoms with Crippen LogP contribution in [0.2, 0.25) is 0 Å². The number of nitro benzene ring substituents is 1. The Balaban J connectivity index is 1.41. The van der Waals surface area contributed by atoms with Crippen molar-refractivity contribution in [1.82, 2.24) is 35.0 Å². The molecular weight excluding hydrogens is 402 g/mol. The Labute approximate surface area is 174 Å². The first-order valence-corrected chi connectivity index (χ1v) is 9.43. The number of amides is 1. The number of hydrogen-bond acceptors (Lipinski definition) is 8. The lowest BCUT2D eigenvalue weighted by Crippen LogP contribution is -2.13. The lowest BCUT2D eigenvalue weighted by Gasteiger charge is -2.09. The van der Waals surface area contributed by atoms with Gasteiger partial charge in [-0.1, -0.05) is 12.1 Å². The zero-order valence-electron chi connectivity index (χ0n) is 16.0. The van der Waals surface area contributed by atoms with Gasteiger partial charge in [-0.05, 0) is 47.5 Å². The van der Waals surface area contributed by atoms with Crippen molar-refractivity contribution in [2.45, 2.75) is 18.9 Å². The third kappa shape index (κ3) is 3.61. The predicted octanol–water partition coefficient (Wildman–Crippen LogP) is 2.42. The molecule has 2 aromatic heterocycles. The number of tetrazole rings is 1. The molecule has 0 bridgehead atoms. The second-order valence-electron chi connectivity index (χ2n) is 7.01. The van der Waals surface area contributed by atoms with Gasteiger partial charge in [0.2, 0.25) is 0 Å². The van der Waals surface area contributed by atoms with Crippen molar-refractivity contribution in [2.24, 2.45) is 0 Å². The quantitative estimate of drug-likeness (QED) is 0.372. The van der Waals surface area contributed by atoms with E-state index in [1.165, 1.54) is 35.5 Å². The molecule has 4 aromatic rings. The number of anilines is 1. The zero-order valence-corrected chi connectivity index (χ0v) is 16.0. The number of rotatable bonds is 6. The van der Waals surface area contributed by atoms with Gasteiger partial charge in [-0.25, -0.2) is 14.3 Å². The molecule has 0 radical (unpaired) electrons. The fraction of sp³-hybridized carbons (Fsp3) is 0.158. The van der Waals surface area contributed by atoms with Crippen LogP contribution in [0.3, 0.4) is 0 Å². The van der Waals surface area contributed by atoms with Gasteiger partial charge in [0.1, 0.15) is 18.3 Å². The van der Waals surface area contributed by atoms with E-state index in [0.717, 1.165) is 18.4 Å². The van der Waals surface area contributed by atoms with E-state index < -0.39 is 10.8 Å². The summed E-state index contributed by atoms with van der Waals surface area (Å²) in [5, 5.41) is 30.1. The molecule has 1 fully saturated rings. The van der Waals surface area contributed by atoms with Gasteiger partial charge in [0.15, 0.2) is 5.82 Å². The number of nitrogens with zero attached hydrogens (tertiary/aromatic N) is 8. The van der Waals surface area contributed by atoms with E-state index in [1.54, 1.807) is 22.9 Å². The standard InChI is InChI=1S/C19H15N9O3/c29-19(13-4-7-16(17(9-13)28(30)31)26-11-20-10-21-26)22-14-3-1-2-12(8-14)18-23-24-25-27(18)15-5-6-15/h1-4,7-11,15H,5-6H2,(H,22,29). The molecule has 154 valence electrons. The topological polar surface area (TPSA) is 147 Å². The summed E-state index contributed by atoms with van der Waals surface area (Å²) in [5.74, 6) is 0.151. The Morgan fingerprint density at radius 3 is 2.81 bits per heavy atom. The van der Waals surface area contributed by atoms with Crippen molar-refractivity contribution in [3.63, 3.8) is 0 Å². The monoisotopic (exact) mass is 417 g/mol. The Bertz CT molecular complexity index is 1280. The smallest absolute Gasteiger partial charge is 0.295 e. The average molecular weight is 417 g/mol. The molecule has 1 N–H and O–H groups in total. The molecule has 12 heteroatoms. The Kier molecular flexibility index (Phi) is 4.43. The molecule has 0 unspecified atom stereocenters. The fourth-order valence-electron chi connectivity index (χ4n) is 3.23. The number of nitrogens with one attached hydrogen (secondary N) is 1. The SMILES string of the molecule is O=C(Nc1cccc(-c2nnnn2C2CC2)c1)c1ccc(-n2cncn2)c([N+](=O)[O-])c1. The molecule has 0 saturated heterocycles. The van der Waals surface area contributed by atoms with E-state index in [-0.39, 0.29) is 16.9 Å². The van der Waals surface area contributed by atoms with Gasteiger partial charge in [0.25, 0.3) is 11.6 Å². The van der Waals surface area contributed by atoms with E-state index in [0.29, 0.717) is 17.6 Å². The van der Waals surface area contributed by atoms with E-state index in [9.17, 15) is 14.9 Å². The van der Waals surface area contributed by atoms with E-state index >= 15 is 0 Å². The van der Waals surface area contributed by atoms with Gasteiger partial charge < -0.3 is 5.32 Å². The molecule has 0 aliphatic heterocycles. The zero-order chi connectivity index (χ0) is 21.4. The molecule has 5 rings (SSSR count). The molecular formula is C19H15N9O3. The molecule has 1 aliphatic carbocycles. The van der Waals surface area contributed by atoms with Gasteiger partial charge in [0.05, 0.1) is 11.0 Å². The lowest BCUT2D eigenvalue weighted by molar-refractivity contribution is -0.384. The first kappa shape index (κ1) is 18.5. The van der Waals surface area contributed by atoms with E-state index in [1.807, 2.05) is 6.07 Å². The number of carbonyl (C=O) groups excluding carboxylic acids is 1. The van der Waals surface area contributed by atoms with Gasteiger partial charge >= 0.3 is 0 Å². The van der Waals surface area contributed by atoms with Crippen molar-refractivity contribution in [3.05, 3.63) is 70.8 Å². The van der Waals surface area contributed by atoms with Crippen LogP contribution in [0.1, 0.15) is 29.2 Å². The van der Waals surface area contributed by atoms with Crippen molar-refractivity contribution < 1.29 is 9.72 Å². The average Bonchev–Trinajstić information content (AvgIpc) is 3.26. The molecule has 2 aromatic carbocycles. The van der Waals surface area contributed by atoms with Crippen molar-refractivity contribution >= 4 is 17.3 Å². The molecule has 1 amide bonds. The maximum atomic E-state index is 12.8. The maximum absolute atomic E-state index is 12.8. The summed E-state index contributed by atoms with van der Waals surface area (Å²) in [6.45, 7) is 0. The summed E-state index contributed by atoms with van der Waals surface area (Å²) < 4.78 is 3.06. The fourth-order valence-corrected chi connectivity index (χ4v) is 3.23. The number of hydrogen-bond donors (Lipinski definition) is 1.